The molecule has 0 spiro atoms. The van der Waals surface area contributed by atoms with Crippen molar-refractivity contribution in [3.63, 3.8) is 0 Å². The highest BCUT2D eigenvalue weighted by Gasteiger charge is 2.24. The van der Waals surface area contributed by atoms with Crippen LogP contribution in [0.3, 0.4) is 0 Å². The molecule has 1 fully saturated rings. The smallest absolute Gasteiger partial charge is 0.261 e. The van der Waals surface area contributed by atoms with Crippen LogP contribution in [-0.4, -0.2) is 42.0 Å². The molecule has 1 aliphatic heterocycles. The normalized spacial score (nSPS) is 19.2. The van der Waals surface area contributed by atoms with E-state index in [4.69, 9.17) is 0 Å². The van der Waals surface area contributed by atoms with E-state index in [9.17, 15) is 9.59 Å². The Bertz CT molecular complexity index is 903. The number of hydrogen-bond donors (Lipinski definition) is 2. The van der Waals surface area contributed by atoms with E-state index in [0.717, 1.165) is 56.6 Å². The number of benzene rings is 1. The number of likely N-dealkylation sites (tertiary alicyclic amines) is 1. The molecule has 4 rings (SSSR count). The van der Waals surface area contributed by atoms with Crippen LogP contribution in [-0.2, 0) is 12.8 Å². The summed E-state index contributed by atoms with van der Waals surface area (Å²) in [6, 6.07) is 10.4. The molecule has 2 heterocycles. The Kier molecular flexibility index (Phi) is 5.12. The molecule has 27 heavy (non-hydrogen) atoms. The van der Waals surface area contributed by atoms with Gasteiger partial charge in [-0.15, -0.1) is 0 Å². The first-order valence-electron chi connectivity index (χ1n) is 9.93. The summed E-state index contributed by atoms with van der Waals surface area (Å²) in [6.45, 7) is 5.63. The third-order valence-corrected chi connectivity index (χ3v) is 5.95. The lowest BCUT2D eigenvalue weighted by atomic mass is 9.94. The molecule has 1 saturated heterocycles. The van der Waals surface area contributed by atoms with Crippen LogP contribution in [0.15, 0.2) is 35.1 Å². The number of pyridine rings is 1. The minimum atomic E-state index is -0.270. The van der Waals surface area contributed by atoms with Crippen LogP contribution in [0, 0.1) is 6.92 Å². The molecule has 0 saturated carbocycles. The van der Waals surface area contributed by atoms with E-state index in [1.165, 1.54) is 11.1 Å². The molecule has 1 aromatic heterocycles. The molecule has 1 unspecified atom stereocenters. The first kappa shape index (κ1) is 18.0. The van der Waals surface area contributed by atoms with Gasteiger partial charge < -0.3 is 15.2 Å². The van der Waals surface area contributed by atoms with Gasteiger partial charge in [0.1, 0.15) is 5.56 Å². The van der Waals surface area contributed by atoms with Crippen LogP contribution in [0.4, 0.5) is 0 Å². The summed E-state index contributed by atoms with van der Waals surface area (Å²) in [5.74, 6) is 0.307. The lowest BCUT2D eigenvalue weighted by Crippen LogP contribution is -2.36. The van der Waals surface area contributed by atoms with Crippen LogP contribution in [0.2, 0.25) is 0 Å². The molecule has 0 radical (unpaired) electrons. The van der Waals surface area contributed by atoms with E-state index in [0.29, 0.717) is 12.5 Å². The van der Waals surface area contributed by atoms with Gasteiger partial charge in [0, 0.05) is 25.3 Å². The SMILES string of the molecule is Cc1ccccc1C1CCN(CCNC(=O)c2cc3c([nH]c2=O)CCC3)C1. The number of aromatic amines is 1. The summed E-state index contributed by atoms with van der Waals surface area (Å²) in [4.78, 5) is 29.8. The van der Waals surface area contributed by atoms with Crippen molar-refractivity contribution in [3.8, 4) is 0 Å². The predicted octanol–water partition coefficient (Wildman–Crippen LogP) is 2.39. The van der Waals surface area contributed by atoms with Crippen molar-refractivity contribution < 1.29 is 4.79 Å². The summed E-state index contributed by atoms with van der Waals surface area (Å²) in [5.41, 5.74) is 4.88. The van der Waals surface area contributed by atoms with Gasteiger partial charge >= 0.3 is 0 Å². The Morgan fingerprint density at radius 1 is 1.30 bits per heavy atom. The van der Waals surface area contributed by atoms with E-state index in [1.807, 2.05) is 0 Å². The van der Waals surface area contributed by atoms with E-state index in [2.05, 4.69) is 46.4 Å². The number of nitrogens with one attached hydrogen (secondary N) is 2. The highest BCUT2D eigenvalue weighted by atomic mass is 16.2. The van der Waals surface area contributed by atoms with Gasteiger partial charge in [0.2, 0.25) is 0 Å². The summed E-state index contributed by atoms with van der Waals surface area (Å²) < 4.78 is 0. The average Bonchev–Trinajstić information content (AvgIpc) is 3.30. The van der Waals surface area contributed by atoms with Crippen molar-refractivity contribution in [2.24, 2.45) is 0 Å². The van der Waals surface area contributed by atoms with E-state index < -0.39 is 0 Å². The minimum absolute atomic E-state index is 0.245. The van der Waals surface area contributed by atoms with Gasteiger partial charge in [0.25, 0.3) is 11.5 Å². The van der Waals surface area contributed by atoms with Gasteiger partial charge in [-0.05, 0) is 67.8 Å². The van der Waals surface area contributed by atoms with Crippen molar-refractivity contribution in [2.45, 2.75) is 38.5 Å². The molecule has 0 bridgehead atoms. The molecule has 5 heteroatoms. The Balaban J connectivity index is 1.30. The third-order valence-electron chi connectivity index (χ3n) is 5.95. The van der Waals surface area contributed by atoms with Gasteiger partial charge in [-0.1, -0.05) is 24.3 Å². The second-order valence-corrected chi connectivity index (χ2v) is 7.77. The van der Waals surface area contributed by atoms with E-state index in [-0.39, 0.29) is 17.0 Å². The van der Waals surface area contributed by atoms with Gasteiger partial charge in [-0.3, -0.25) is 9.59 Å². The predicted molar refractivity (Wildman–Crippen MR) is 106 cm³/mol. The van der Waals surface area contributed by atoms with Gasteiger partial charge in [-0.2, -0.15) is 0 Å². The Morgan fingerprint density at radius 3 is 3.00 bits per heavy atom. The fourth-order valence-electron chi connectivity index (χ4n) is 4.44. The van der Waals surface area contributed by atoms with Crippen molar-refractivity contribution >= 4 is 5.91 Å². The fraction of sp³-hybridized carbons (Fsp3) is 0.455. The number of aromatic nitrogens is 1. The molecule has 2 aliphatic rings. The highest BCUT2D eigenvalue weighted by Crippen LogP contribution is 2.28. The summed E-state index contributed by atoms with van der Waals surface area (Å²) in [5, 5.41) is 2.92. The van der Waals surface area contributed by atoms with Gasteiger partial charge in [-0.25, -0.2) is 0 Å². The molecule has 1 amide bonds. The zero-order valence-corrected chi connectivity index (χ0v) is 15.9. The fourth-order valence-corrected chi connectivity index (χ4v) is 4.44. The van der Waals surface area contributed by atoms with Gasteiger partial charge in [0.05, 0.1) is 0 Å². The number of hydrogen-bond acceptors (Lipinski definition) is 3. The monoisotopic (exact) mass is 365 g/mol. The van der Waals surface area contributed by atoms with Crippen LogP contribution < -0.4 is 10.9 Å². The number of carbonyl (C=O) groups excluding carboxylic acids is 1. The average molecular weight is 365 g/mol. The third kappa shape index (κ3) is 3.83. The molecule has 1 aliphatic carbocycles. The summed E-state index contributed by atoms with van der Waals surface area (Å²) in [6.07, 6.45) is 4.06. The largest absolute Gasteiger partial charge is 0.351 e. The second kappa shape index (κ2) is 7.69. The molecular weight excluding hydrogens is 338 g/mol. The topological polar surface area (TPSA) is 65.2 Å². The Hall–Kier alpha value is -2.40. The lowest BCUT2D eigenvalue weighted by molar-refractivity contribution is 0.0948. The minimum Gasteiger partial charge on any atom is -0.351 e. The zero-order valence-electron chi connectivity index (χ0n) is 15.9. The number of amides is 1. The molecule has 2 aromatic rings. The van der Waals surface area contributed by atoms with Crippen molar-refractivity contribution in [1.82, 2.24) is 15.2 Å². The molecule has 1 atom stereocenters. The molecule has 5 nitrogen and oxygen atoms in total. The lowest BCUT2D eigenvalue weighted by Gasteiger charge is -2.17. The maximum atomic E-state index is 12.4. The maximum Gasteiger partial charge on any atom is 0.261 e. The Morgan fingerprint density at radius 2 is 2.15 bits per heavy atom. The first-order chi connectivity index (χ1) is 13.1. The number of H-pyrrole nitrogens is 1. The maximum absolute atomic E-state index is 12.4. The summed E-state index contributed by atoms with van der Waals surface area (Å²) >= 11 is 0. The standard InChI is InChI=1S/C22H27N3O2/c1-15-5-2-3-7-18(15)17-9-11-25(14-17)12-10-23-21(26)19-13-16-6-4-8-20(16)24-22(19)27/h2-3,5,7,13,17H,4,6,8-12,14H2,1H3,(H,23,26)(H,24,27). The van der Waals surface area contributed by atoms with E-state index in [1.54, 1.807) is 6.07 Å². The molecular formula is C22H27N3O2. The van der Waals surface area contributed by atoms with Crippen molar-refractivity contribution in [3.05, 3.63) is 68.6 Å². The highest BCUT2D eigenvalue weighted by molar-refractivity contribution is 5.94. The Labute approximate surface area is 159 Å². The van der Waals surface area contributed by atoms with Crippen molar-refractivity contribution in [2.75, 3.05) is 26.2 Å². The number of nitrogens with zero attached hydrogens (tertiary/aromatic N) is 1. The van der Waals surface area contributed by atoms with Crippen molar-refractivity contribution in [1.29, 1.82) is 0 Å². The molecule has 2 N–H and O–H groups in total. The van der Waals surface area contributed by atoms with Crippen LogP contribution in [0.5, 0.6) is 0 Å². The number of aryl methyl sites for hydroxylation is 3. The van der Waals surface area contributed by atoms with Gasteiger partial charge in [0.15, 0.2) is 0 Å². The number of rotatable bonds is 5. The first-order valence-corrected chi connectivity index (χ1v) is 9.93. The van der Waals surface area contributed by atoms with Crippen LogP contribution in [0.25, 0.3) is 0 Å². The number of fused-ring (bicyclic) bond motifs is 1. The zero-order chi connectivity index (χ0) is 18.8. The van der Waals surface area contributed by atoms with Crippen LogP contribution in [0.1, 0.15) is 51.5 Å². The summed E-state index contributed by atoms with van der Waals surface area (Å²) in [7, 11) is 0. The van der Waals surface area contributed by atoms with Crippen LogP contribution >= 0.6 is 0 Å². The number of carbonyl (C=O) groups is 1. The molecule has 142 valence electrons. The molecule has 1 aromatic carbocycles. The quantitative estimate of drug-likeness (QED) is 0.855. The van der Waals surface area contributed by atoms with E-state index >= 15 is 0 Å². The second-order valence-electron chi connectivity index (χ2n) is 7.77.